The number of hydrogen-bond donors (Lipinski definition) is 2. The van der Waals surface area contributed by atoms with E-state index in [9.17, 15) is 4.79 Å². The number of nitrogen functional groups attached to an aromatic ring is 1. The number of para-hydroxylation sites is 2. The first-order valence-corrected chi connectivity index (χ1v) is 9.53. The largest absolute Gasteiger partial charge is 0.384 e. The zero-order valence-electron chi connectivity index (χ0n) is 15.9. The van der Waals surface area contributed by atoms with E-state index in [4.69, 9.17) is 27.1 Å². The van der Waals surface area contributed by atoms with Crippen molar-refractivity contribution < 1.29 is 9.53 Å². The van der Waals surface area contributed by atoms with Crippen molar-refractivity contribution in [3.05, 3.63) is 64.7 Å². The van der Waals surface area contributed by atoms with E-state index in [1.165, 1.54) is 0 Å². The number of ether oxygens (including phenoxy) is 1. The van der Waals surface area contributed by atoms with Crippen molar-refractivity contribution in [3.63, 3.8) is 0 Å². The fraction of sp³-hybridized carbons (Fsp3) is 0.190. The Hall–Kier alpha value is -3.16. The van der Waals surface area contributed by atoms with E-state index < -0.39 is 0 Å². The summed E-state index contributed by atoms with van der Waals surface area (Å²) in [6.07, 6.45) is 0. The van der Waals surface area contributed by atoms with E-state index in [1.807, 2.05) is 48.5 Å². The van der Waals surface area contributed by atoms with Crippen LogP contribution in [0.15, 0.2) is 48.5 Å². The third-order valence-electron chi connectivity index (χ3n) is 4.70. The Morgan fingerprint density at radius 2 is 1.83 bits per heavy atom. The summed E-state index contributed by atoms with van der Waals surface area (Å²) >= 11 is 6.34. The number of hydrogen-bond acceptors (Lipinski definition) is 5. The minimum Gasteiger partial charge on any atom is -0.384 e. The van der Waals surface area contributed by atoms with Gasteiger partial charge >= 0.3 is 0 Å². The summed E-state index contributed by atoms with van der Waals surface area (Å²) in [5, 5.41) is 3.44. The number of carbonyl (C=O) groups excluding carboxylic acids is 1. The van der Waals surface area contributed by atoms with Gasteiger partial charge < -0.3 is 20.4 Å². The van der Waals surface area contributed by atoms with E-state index in [2.05, 4.69) is 10.3 Å². The number of nitrogens with one attached hydrogen (secondary N) is 1. The summed E-state index contributed by atoms with van der Waals surface area (Å²) in [4.78, 5) is 22.3. The Kier molecular flexibility index (Phi) is 5.33. The van der Waals surface area contributed by atoms with Gasteiger partial charge in [0, 0.05) is 18.7 Å². The van der Waals surface area contributed by atoms with Crippen molar-refractivity contribution >= 4 is 45.5 Å². The molecule has 0 radical (unpaired) electrons. The van der Waals surface area contributed by atoms with Crippen LogP contribution in [0.1, 0.15) is 15.9 Å². The monoisotopic (exact) mass is 409 g/mol. The maximum atomic E-state index is 12.9. The standard InChI is InChI=1S/C21H20ClN5O2/c1-29-11-10-24-21(28)17-18-20(26-16-9-5-4-8-15(16)25-18)27(19(17)23)12-13-6-2-3-7-14(13)22/h2-9H,10-12,23H2,1H3,(H,24,28). The van der Waals surface area contributed by atoms with E-state index in [0.717, 1.165) is 11.1 Å². The Labute approximate surface area is 172 Å². The molecule has 0 bridgehead atoms. The van der Waals surface area contributed by atoms with Gasteiger partial charge in [-0.05, 0) is 23.8 Å². The third kappa shape index (κ3) is 3.62. The van der Waals surface area contributed by atoms with E-state index >= 15 is 0 Å². The lowest BCUT2D eigenvalue weighted by Gasteiger charge is -2.09. The molecule has 7 nitrogen and oxygen atoms in total. The van der Waals surface area contributed by atoms with Gasteiger partial charge in [0.05, 0.1) is 24.2 Å². The van der Waals surface area contributed by atoms with Gasteiger partial charge in [-0.1, -0.05) is 41.9 Å². The molecule has 0 fully saturated rings. The first-order valence-electron chi connectivity index (χ1n) is 9.15. The van der Waals surface area contributed by atoms with Gasteiger partial charge in [-0.3, -0.25) is 4.79 Å². The lowest BCUT2D eigenvalue weighted by atomic mass is 10.2. The Morgan fingerprint density at radius 3 is 2.55 bits per heavy atom. The average Bonchev–Trinajstić information content (AvgIpc) is 2.99. The quantitative estimate of drug-likeness (QED) is 0.477. The lowest BCUT2D eigenvalue weighted by Crippen LogP contribution is -2.27. The van der Waals surface area contributed by atoms with E-state index in [1.54, 1.807) is 11.7 Å². The van der Waals surface area contributed by atoms with Crippen LogP contribution >= 0.6 is 11.6 Å². The SMILES string of the molecule is COCCNC(=O)c1c(N)n(Cc2ccccc2Cl)c2nc3ccccc3nc12. The molecule has 4 rings (SSSR count). The summed E-state index contributed by atoms with van der Waals surface area (Å²) in [7, 11) is 1.58. The molecule has 2 aromatic heterocycles. The predicted octanol–water partition coefficient (Wildman–Crippen LogP) is 3.24. The molecule has 0 unspecified atom stereocenters. The Morgan fingerprint density at radius 1 is 1.14 bits per heavy atom. The number of benzene rings is 2. The van der Waals surface area contributed by atoms with Crippen LogP contribution in [0.5, 0.6) is 0 Å². The molecule has 0 spiro atoms. The molecule has 0 aliphatic rings. The highest BCUT2D eigenvalue weighted by Crippen LogP contribution is 2.29. The summed E-state index contributed by atoms with van der Waals surface area (Å²) < 4.78 is 6.79. The molecule has 3 N–H and O–H groups in total. The summed E-state index contributed by atoms with van der Waals surface area (Å²) in [6.45, 7) is 1.14. The zero-order valence-corrected chi connectivity index (χ0v) is 16.6. The minimum absolute atomic E-state index is 0.296. The van der Waals surface area contributed by atoms with Crippen molar-refractivity contribution in [1.29, 1.82) is 0 Å². The molecule has 0 saturated heterocycles. The van der Waals surface area contributed by atoms with Gasteiger partial charge in [-0.2, -0.15) is 0 Å². The van der Waals surface area contributed by atoms with Gasteiger partial charge in [-0.25, -0.2) is 9.97 Å². The molecule has 0 aliphatic carbocycles. The molecule has 148 valence electrons. The number of methoxy groups -OCH3 is 1. The van der Waals surface area contributed by atoms with Gasteiger partial charge in [0.15, 0.2) is 5.65 Å². The maximum absolute atomic E-state index is 12.9. The number of anilines is 1. The minimum atomic E-state index is -0.313. The van der Waals surface area contributed by atoms with Gasteiger partial charge in [0.25, 0.3) is 5.91 Å². The molecular formula is C21H20ClN5O2. The first kappa shape index (κ1) is 19.2. The van der Waals surface area contributed by atoms with Crippen molar-refractivity contribution in [2.75, 3.05) is 26.0 Å². The average molecular weight is 410 g/mol. The molecule has 2 heterocycles. The summed E-state index contributed by atoms with van der Waals surface area (Å²) in [5.74, 6) is -0.0165. The van der Waals surface area contributed by atoms with Gasteiger partial charge in [0.2, 0.25) is 0 Å². The van der Waals surface area contributed by atoms with Crippen LogP contribution in [0.25, 0.3) is 22.2 Å². The lowest BCUT2D eigenvalue weighted by molar-refractivity contribution is 0.0939. The first-order chi connectivity index (χ1) is 14.1. The van der Waals surface area contributed by atoms with E-state index in [-0.39, 0.29) is 5.91 Å². The molecular weight excluding hydrogens is 390 g/mol. The second kappa shape index (κ2) is 8.06. The number of fused-ring (bicyclic) bond motifs is 2. The third-order valence-corrected chi connectivity index (χ3v) is 5.07. The van der Waals surface area contributed by atoms with Crippen LogP contribution in [0, 0.1) is 0 Å². The normalized spacial score (nSPS) is 11.2. The summed E-state index contributed by atoms with van der Waals surface area (Å²) in [5.41, 5.74) is 10.0. The molecule has 2 aromatic carbocycles. The number of aromatic nitrogens is 3. The van der Waals surface area contributed by atoms with Gasteiger partial charge in [0.1, 0.15) is 16.9 Å². The number of nitrogens with zero attached hydrogens (tertiary/aromatic N) is 3. The maximum Gasteiger partial charge on any atom is 0.257 e. The highest BCUT2D eigenvalue weighted by Gasteiger charge is 2.24. The van der Waals surface area contributed by atoms with E-state index in [0.29, 0.717) is 52.8 Å². The molecule has 8 heteroatoms. The van der Waals surface area contributed by atoms with Crippen LogP contribution in [-0.4, -0.2) is 40.7 Å². The highest BCUT2D eigenvalue weighted by molar-refractivity contribution is 6.31. The molecule has 29 heavy (non-hydrogen) atoms. The van der Waals surface area contributed by atoms with Crippen LogP contribution in [0.3, 0.4) is 0 Å². The molecule has 0 aliphatic heterocycles. The predicted molar refractivity (Wildman–Crippen MR) is 114 cm³/mol. The Bertz CT molecular complexity index is 1200. The smallest absolute Gasteiger partial charge is 0.257 e. The highest BCUT2D eigenvalue weighted by atomic mass is 35.5. The number of amides is 1. The van der Waals surface area contributed by atoms with Crippen LogP contribution in [0.2, 0.25) is 5.02 Å². The van der Waals surface area contributed by atoms with Crippen LogP contribution in [0.4, 0.5) is 5.82 Å². The summed E-state index contributed by atoms with van der Waals surface area (Å²) in [6, 6.07) is 15.0. The van der Waals surface area contributed by atoms with Crippen LogP contribution in [-0.2, 0) is 11.3 Å². The Balaban J connectivity index is 1.89. The topological polar surface area (TPSA) is 95.1 Å². The second-order valence-electron chi connectivity index (χ2n) is 6.57. The number of nitrogens with two attached hydrogens (primary N) is 1. The molecule has 0 saturated carbocycles. The van der Waals surface area contributed by atoms with Crippen molar-refractivity contribution in [1.82, 2.24) is 19.9 Å². The zero-order chi connectivity index (χ0) is 20.4. The number of carbonyl (C=O) groups is 1. The van der Waals surface area contributed by atoms with Gasteiger partial charge in [-0.15, -0.1) is 0 Å². The fourth-order valence-corrected chi connectivity index (χ4v) is 3.45. The van der Waals surface area contributed by atoms with Crippen molar-refractivity contribution in [3.8, 4) is 0 Å². The second-order valence-corrected chi connectivity index (χ2v) is 6.98. The molecule has 0 atom stereocenters. The van der Waals surface area contributed by atoms with Crippen molar-refractivity contribution in [2.24, 2.45) is 0 Å². The molecule has 1 amide bonds. The fourth-order valence-electron chi connectivity index (χ4n) is 3.25. The van der Waals surface area contributed by atoms with Crippen molar-refractivity contribution in [2.45, 2.75) is 6.54 Å². The number of halogens is 1. The molecule has 4 aromatic rings. The van der Waals surface area contributed by atoms with Crippen LogP contribution < -0.4 is 11.1 Å². The number of rotatable bonds is 6.